The standard InChI is InChI=1S/C15H15ClN2O2/c16-11-6-4-10(5-7-11)15-14-12(2-1-3-13(14)20)18(17-15)8-9-19/h4-7,19H,1-3,8-9H2. The lowest BCUT2D eigenvalue weighted by Crippen LogP contribution is -2.15. The largest absolute Gasteiger partial charge is 0.394 e. The van der Waals surface area contributed by atoms with Crippen LogP contribution in [0.3, 0.4) is 0 Å². The average Bonchev–Trinajstić information content (AvgIpc) is 2.81. The number of aliphatic hydroxyl groups is 1. The summed E-state index contributed by atoms with van der Waals surface area (Å²) in [5, 5.41) is 14.3. The van der Waals surface area contributed by atoms with Crippen LogP contribution in [0.2, 0.25) is 5.02 Å². The van der Waals surface area contributed by atoms with Gasteiger partial charge in [-0.15, -0.1) is 0 Å². The highest BCUT2D eigenvalue weighted by molar-refractivity contribution is 6.30. The molecule has 0 amide bonds. The lowest BCUT2D eigenvalue weighted by molar-refractivity contribution is 0.0972. The minimum Gasteiger partial charge on any atom is -0.394 e. The molecule has 4 nitrogen and oxygen atoms in total. The summed E-state index contributed by atoms with van der Waals surface area (Å²) in [5.41, 5.74) is 3.25. The lowest BCUT2D eigenvalue weighted by atomic mass is 9.92. The lowest BCUT2D eigenvalue weighted by Gasteiger charge is -2.12. The molecular weight excluding hydrogens is 276 g/mol. The molecule has 5 heteroatoms. The molecule has 0 fully saturated rings. The van der Waals surface area contributed by atoms with Gasteiger partial charge >= 0.3 is 0 Å². The van der Waals surface area contributed by atoms with Crippen molar-refractivity contribution in [3.8, 4) is 11.3 Å². The Morgan fingerprint density at radius 1 is 1.25 bits per heavy atom. The number of Topliss-reactive ketones (excluding diaryl/α,β-unsaturated/α-hetero) is 1. The number of rotatable bonds is 3. The van der Waals surface area contributed by atoms with Crippen LogP contribution in [0.4, 0.5) is 0 Å². The Balaban J connectivity index is 2.15. The number of aromatic nitrogens is 2. The van der Waals surface area contributed by atoms with E-state index in [0.29, 0.717) is 29.2 Å². The van der Waals surface area contributed by atoms with E-state index in [1.165, 1.54) is 0 Å². The van der Waals surface area contributed by atoms with Crippen molar-refractivity contribution in [1.82, 2.24) is 9.78 Å². The van der Waals surface area contributed by atoms with Crippen LogP contribution < -0.4 is 0 Å². The summed E-state index contributed by atoms with van der Waals surface area (Å²) in [6.45, 7) is 0.436. The predicted molar refractivity (Wildman–Crippen MR) is 77.0 cm³/mol. The SMILES string of the molecule is O=C1CCCc2c1c(-c1ccc(Cl)cc1)nn2CCO. The number of hydrogen-bond acceptors (Lipinski definition) is 3. The molecule has 0 saturated carbocycles. The van der Waals surface area contributed by atoms with Gasteiger partial charge in [-0.2, -0.15) is 5.10 Å². The summed E-state index contributed by atoms with van der Waals surface area (Å²) in [7, 11) is 0. The average molecular weight is 291 g/mol. The van der Waals surface area contributed by atoms with E-state index in [9.17, 15) is 4.79 Å². The third kappa shape index (κ3) is 2.25. The first kappa shape index (κ1) is 13.3. The molecule has 0 bridgehead atoms. The van der Waals surface area contributed by atoms with Crippen molar-refractivity contribution in [3.05, 3.63) is 40.5 Å². The molecule has 1 aromatic heterocycles. The molecule has 0 atom stereocenters. The Hall–Kier alpha value is -1.65. The van der Waals surface area contributed by atoms with Gasteiger partial charge in [0.25, 0.3) is 0 Å². The smallest absolute Gasteiger partial charge is 0.166 e. The van der Waals surface area contributed by atoms with E-state index >= 15 is 0 Å². The number of benzene rings is 1. The van der Waals surface area contributed by atoms with Gasteiger partial charge in [0.05, 0.1) is 18.7 Å². The molecule has 20 heavy (non-hydrogen) atoms. The Labute approximate surface area is 122 Å². The van der Waals surface area contributed by atoms with Crippen molar-refractivity contribution < 1.29 is 9.90 Å². The van der Waals surface area contributed by atoms with Gasteiger partial charge in [0, 0.05) is 22.7 Å². The van der Waals surface area contributed by atoms with Crippen LogP contribution in [0.25, 0.3) is 11.3 Å². The van der Waals surface area contributed by atoms with Crippen LogP contribution in [-0.2, 0) is 13.0 Å². The summed E-state index contributed by atoms with van der Waals surface area (Å²) in [6.07, 6.45) is 2.25. The highest BCUT2D eigenvalue weighted by atomic mass is 35.5. The molecule has 1 aromatic carbocycles. The van der Waals surface area contributed by atoms with E-state index in [0.717, 1.165) is 24.1 Å². The molecule has 0 unspecified atom stereocenters. The molecule has 1 heterocycles. The van der Waals surface area contributed by atoms with Crippen molar-refractivity contribution in [3.63, 3.8) is 0 Å². The van der Waals surface area contributed by atoms with Gasteiger partial charge in [-0.05, 0) is 25.0 Å². The zero-order valence-electron chi connectivity index (χ0n) is 11.0. The van der Waals surface area contributed by atoms with Crippen molar-refractivity contribution in [2.45, 2.75) is 25.8 Å². The van der Waals surface area contributed by atoms with E-state index in [-0.39, 0.29) is 12.4 Å². The topological polar surface area (TPSA) is 55.1 Å². The van der Waals surface area contributed by atoms with E-state index in [2.05, 4.69) is 5.10 Å². The predicted octanol–water partition coefficient (Wildman–Crippen LogP) is 2.71. The van der Waals surface area contributed by atoms with Gasteiger partial charge in [0.2, 0.25) is 0 Å². The first-order valence-electron chi connectivity index (χ1n) is 6.70. The summed E-state index contributed by atoms with van der Waals surface area (Å²) < 4.78 is 1.76. The van der Waals surface area contributed by atoms with Gasteiger partial charge in [-0.3, -0.25) is 9.48 Å². The molecule has 0 saturated heterocycles. The van der Waals surface area contributed by atoms with Gasteiger partial charge in [-0.25, -0.2) is 0 Å². The maximum Gasteiger partial charge on any atom is 0.166 e. The number of ketones is 1. The number of nitrogens with zero attached hydrogens (tertiary/aromatic N) is 2. The maximum absolute atomic E-state index is 12.2. The van der Waals surface area contributed by atoms with E-state index in [1.54, 1.807) is 16.8 Å². The maximum atomic E-state index is 12.2. The van der Waals surface area contributed by atoms with Crippen LogP contribution in [0, 0.1) is 0 Å². The zero-order chi connectivity index (χ0) is 14.1. The van der Waals surface area contributed by atoms with Crippen LogP contribution in [0.1, 0.15) is 28.9 Å². The van der Waals surface area contributed by atoms with Crippen molar-refractivity contribution in [2.24, 2.45) is 0 Å². The second-order valence-corrected chi connectivity index (χ2v) is 5.34. The third-order valence-corrected chi connectivity index (χ3v) is 3.84. The number of aliphatic hydroxyl groups excluding tert-OH is 1. The second kappa shape index (κ2) is 5.38. The minimum absolute atomic E-state index is 0.0162. The van der Waals surface area contributed by atoms with Crippen LogP contribution in [0.15, 0.2) is 24.3 Å². The molecule has 1 aliphatic rings. The van der Waals surface area contributed by atoms with Gasteiger partial charge in [-0.1, -0.05) is 23.7 Å². The Morgan fingerprint density at radius 3 is 2.70 bits per heavy atom. The van der Waals surface area contributed by atoms with E-state index < -0.39 is 0 Å². The fraction of sp³-hybridized carbons (Fsp3) is 0.333. The van der Waals surface area contributed by atoms with E-state index in [1.807, 2.05) is 12.1 Å². The molecular formula is C15H15ClN2O2. The molecule has 0 aliphatic heterocycles. The zero-order valence-corrected chi connectivity index (χ0v) is 11.7. The molecule has 1 aliphatic carbocycles. The Bertz CT molecular complexity index is 647. The van der Waals surface area contributed by atoms with Crippen LogP contribution in [-0.4, -0.2) is 27.3 Å². The van der Waals surface area contributed by atoms with Gasteiger partial charge < -0.3 is 5.11 Å². The fourth-order valence-corrected chi connectivity index (χ4v) is 2.80. The number of carbonyl (C=O) groups excluding carboxylic acids is 1. The number of hydrogen-bond donors (Lipinski definition) is 1. The molecule has 104 valence electrons. The molecule has 2 aromatic rings. The van der Waals surface area contributed by atoms with Crippen LogP contribution in [0.5, 0.6) is 0 Å². The first-order chi connectivity index (χ1) is 9.70. The van der Waals surface area contributed by atoms with Crippen molar-refractivity contribution in [2.75, 3.05) is 6.61 Å². The van der Waals surface area contributed by atoms with Crippen molar-refractivity contribution in [1.29, 1.82) is 0 Å². The van der Waals surface area contributed by atoms with Crippen molar-refractivity contribution >= 4 is 17.4 Å². The van der Waals surface area contributed by atoms with E-state index in [4.69, 9.17) is 16.7 Å². The fourth-order valence-electron chi connectivity index (χ4n) is 2.67. The highest BCUT2D eigenvalue weighted by Gasteiger charge is 2.27. The number of carbonyl (C=O) groups is 1. The summed E-state index contributed by atoms with van der Waals surface area (Å²) in [5.74, 6) is 0.139. The quantitative estimate of drug-likeness (QED) is 0.945. The summed E-state index contributed by atoms with van der Waals surface area (Å²) >= 11 is 5.90. The number of fused-ring (bicyclic) bond motifs is 1. The summed E-state index contributed by atoms with van der Waals surface area (Å²) in [6, 6.07) is 7.33. The molecule has 1 N–H and O–H groups in total. The highest BCUT2D eigenvalue weighted by Crippen LogP contribution is 2.31. The first-order valence-corrected chi connectivity index (χ1v) is 7.08. The Morgan fingerprint density at radius 2 is 2.00 bits per heavy atom. The van der Waals surface area contributed by atoms with Gasteiger partial charge in [0.15, 0.2) is 5.78 Å². The second-order valence-electron chi connectivity index (χ2n) is 4.90. The third-order valence-electron chi connectivity index (χ3n) is 3.58. The number of halogens is 1. The van der Waals surface area contributed by atoms with Crippen LogP contribution >= 0.6 is 11.6 Å². The van der Waals surface area contributed by atoms with Gasteiger partial charge in [0.1, 0.15) is 5.69 Å². The minimum atomic E-state index is 0.0162. The summed E-state index contributed by atoms with van der Waals surface area (Å²) in [4.78, 5) is 12.2. The molecule has 0 spiro atoms. The Kier molecular flexibility index (Phi) is 3.59. The normalized spacial score (nSPS) is 14.4. The molecule has 3 rings (SSSR count). The molecule has 0 radical (unpaired) electrons. The monoisotopic (exact) mass is 290 g/mol.